The van der Waals surface area contributed by atoms with E-state index in [1.54, 1.807) is 48.5 Å². The molecular weight excluding hydrogens is 420 g/mol. The largest absolute Gasteiger partial charge is 0.479 e. The minimum Gasteiger partial charge on any atom is -0.479 e. The molecule has 3 rings (SSSR count). The molecular formula is C22H20N2O6S. The van der Waals surface area contributed by atoms with Gasteiger partial charge in [0.2, 0.25) is 0 Å². The molecule has 1 aliphatic heterocycles. The second-order valence-electron chi connectivity index (χ2n) is 6.55. The zero-order valence-electron chi connectivity index (χ0n) is 16.8. The van der Waals surface area contributed by atoms with Crippen LogP contribution < -0.4 is 4.74 Å². The topological polar surface area (TPSA) is 117 Å². The summed E-state index contributed by atoms with van der Waals surface area (Å²) in [4.78, 5) is 41.6. The van der Waals surface area contributed by atoms with Gasteiger partial charge in [0.05, 0.1) is 16.2 Å². The first kappa shape index (κ1) is 22.1. The van der Waals surface area contributed by atoms with Crippen molar-refractivity contribution in [1.29, 1.82) is 0 Å². The summed E-state index contributed by atoms with van der Waals surface area (Å²) in [5.74, 6) is -2.05. The average molecular weight is 440 g/mol. The Bertz CT molecular complexity index is 1090. The van der Waals surface area contributed by atoms with Gasteiger partial charge in [0, 0.05) is 6.54 Å². The predicted octanol–water partition coefficient (Wildman–Crippen LogP) is 3.86. The molecule has 1 atom stereocenters. The number of hydrogen-bond donors (Lipinski definition) is 2. The second-order valence-corrected chi connectivity index (χ2v) is 7.56. The standard InChI is InChI=1S/C22H20N2O6S/c1-3-24-19(25)18(12-14-7-6-8-15(11-14)30-13(2)20(26)27)31-22(24)23-17-10-5-4-9-16(17)21(28)29/h4-13H,3H2,1-2H3,(H,26,27)(H,28,29)/b18-12-,23-22?. The Labute approximate surface area is 182 Å². The molecule has 1 amide bonds. The van der Waals surface area contributed by atoms with Gasteiger partial charge in [0.1, 0.15) is 5.75 Å². The van der Waals surface area contributed by atoms with E-state index in [2.05, 4.69) is 4.99 Å². The Morgan fingerprint density at radius 1 is 1.19 bits per heavy atom. The van der Waals surface area contributed by atoms with Crippen LogP contribution in [0.5, 0.6) is 5.75 Å². The summed E-state index contributed by atoms with van der Waals surface area (Å²) in [5.41, 5.74) is 0.978. The molecule has 160 valence electrons. The number of carbonyl (C=O) groups is 3. The van der Waals surface area contributed by atoms with E-state index in [0.717, 1.165) is 11.8 Å². The van der Waals surface area contributed by atoms with Gasteiger partial charge in [-0.25, -0.2) is 14.6 Å². The smallest absolute Gasteiger partial charge is 0.344 e. The number of benzene rings is 2. The third kappa shape index (κ3) is 5.13. The molecule has 9 heteroatoms. The van der Waals surface area contributed by atoms with Gasteiger partial charge >= 0.3 is 11.9 Å². The first-order chi connectivity index (χ1) is 14.8. The van der Waals surface area contributed by atoms with E-state index in [1.165, 1.54) is 17.9 Å². The molecule has 2 aromatic rings. The van der Waals surface area contributed by atoms with Crippen LogP contribution in [0.2, 0.25) is 0 Å². The maximum atomic E-state index is 12.8. The van der Waals surface area contributed by atoms with Crippen LogP contribution in [0.15, 0.2) is 58.4 Å². The number of nitrogens with zero attached hydrogens (tertiary/aromatic N) is 2. The van der Waals surface area contributed by atoms with Crippen LogP contribution in [0.25, 0.3) is 6.08 Å². The fraction of sp³-hybridized carbons (Fsp3) is 0.182. The lowest BCUT2D eigenvalue weighted by Crippen LogP contribution is -2.28. The number of amidine groups is 1. The van der Waals surface area contributed by atoms with Crippen molar-refractivity contribution in [2.45, 2.75) is 20.0 Å². The third-order valence-electron chi connectivity index (χ3n) is 4.37. The number of amides is 1. The van der Waals surface area contributed by atoms with Gasteiger partial charge in [0.25, 0.3) is 5.91 Å². The van der Waals surface area contributed by atoms with Crippen molar-refractivity contribution in [1.82, 2.24) is 4.90 Å². The molecule has 0 bridgehead atoms. The molecule has 1 heterocycles. The number of hydrogen-bond acceptors (Lipinski definition) is 6. The Hall–Kier alpha value is -3.59. The molecule has 0 aromatic heterocycles. The zero-order chi connectivity index (χ0) is 22.5. The molecule has 0 radical (unpaired) electrons. The summed E-state index contributed by atoms with van der Waals surface area (Å²) in [7, 11) is 0. The van der Waals surface area contributed by atoms with E-state index in [4.69, 9.17) is 9.84 Å². The SMILES string of the molecule is CCN1C(=O)/C(=C/c2cccc(OC(C)C(=O)O)c2)SC1=Nc1ccccc1C(=O)O. The van der Waals surface area contributed by atoms with Gasteiger partial charge in [-0.15, -0.1) is 0 Å². The van der Waals surface area contributed by atoms with Crippen LogP contribution >= 0.6 is 11.8 Å². The van der Waals surface area contributed by atoms with Crippen LogP contribution in [0, 0.1) is 0 Å². The van der Waals surface area contributed by atoms with Crippen LogP contribution in [-0.2, 0) is 9.59 Å². The lowest BCUT2D eigenvalue weighted by atomic mass is 10.2. The first-order valence-electron chi connectivity index (χ1n) is 9.42. The molecule has 31 heavy (non-hydrogen) atoms. The number of likely N-dealkylation sites (N-methyl/N-ethyl adjacent to an activating group) is 1. The number of rotatable bonds is 7. The maximum Gasteiger partial charge on any atom is 0.344 e. The first-order valence-corrected chi connectivity index (χ1v) is 10.2. The fourth-order valence-corrected chi connectivity index (χ4v) is 3.86. The highest BCUT2D eigenvalue weighted by Gasteiger charge is 2.32. The van der Waals surface area contributed by atoms with Crippen molar-refractivity contribution in [3.05, 3.63) is 64.6 Å². The number of carboxylic acids is 2. The Balaban J connectivity index is 1.91. The van der Waals surface area contributed by atoms with Crippen molar-refractivity contribution >= 4 is 46.5 Å². The molecule has 2 N–H and O–H groups in total. The summed E-state index contributed by atoms with van der Waals surface area (Å²) < 4.78 is 5.38. The summed E-state index contributed by atoms with van der Waals surface area (Å²) >= 11 is 1.15. The van der Waals surface area contributed by atoms with E-state index >= 15 is 0 Å². The predicted molar refractivity (Wildman–Crippen MR) is 118 cm³/mol. The number of thioether (sulfide) groups is 1. The highest BCUT2D eigenvalue weighted by atomic mass is 32.2. The van der Waals surface area contributed by atoms with Gasteiger partial charge < -0.3 is 14.9 Å². The molecule has 0 spiro atoms. The number of aliphatic carboxylic acids is 1. The molecule has 0 aliphatic carbocycles. The zero-order valence-corrected chi connectivity index (χ0v) is 17.6. The summed E-state index contributed by atoms with van der Waals surface area (Å²) in [6.45, 7) is 3.61. The van der Waals surface area contributed by atoms with Gasteiger partial charge in [-0.05, 0) is 61.5 Å². The molecule has 1 unspecified atom stereocenters. The number of ether oxygens (including phenoxy) is 1. The van der Waals surface area contributed by atoms with E-state index < -0.39 is 18.0 Å². The fourth-order valence-electron chi connectivity index (χ4n) is 2.81. The molecule has 8 nitrogen and oxygen atoms in total. The number of para-hydroxylation sites is 1. The van der Waals surface area contributed by atoms with Gasteiger partial charge in [-0.3, -0.25) is 9.69 Å². The Morgan fingerprint density at radius 3 is 2.61 bits per heavy atom. The van der Waals surface area contributed by atoms with Crippen LogP contribution in [0.3, 0.4) is 0 Å². The number of carbonyl (C=O) groups excluding carboxylic acids is 1. The normalized spacial score (nSPS) is 17.2. The average Bonchev–Trinajstić information content (AvgIpc) is 3.02. The molecule has 0 saturated carbocycles. The third-order valence-corrected chi connectivity index (χ3v) is 5.38. The minimum atomic E-state index is -1.10. The van der Waals surface area contributed by atoms with Crippen LogP contribution in [0.1, 0.15) is 29.8 Å². The van der Waals surface area contributed by atoms with E-state index in [9.17, 15) is 19.5 Å². The number of aromatic carboxylic acids is 1. The van der Waals surface area contributed by atoms with E-state index in [0.29, 0.717) is 27.9 Å². The molecule has 1 saturated heterocycles. The van der Waals surface area contributed by atoms with Crippen LogP contribution in [-0.4, -0.2) is 50.8 Å². The molecule has 1 aliphatic rings. The van der Waals surface area contributed by atoms with Gasteiger partial charge in [-0.1, -0.05) is 24.3 Å². The highest BCUT2D eigenvalue weighted by molar-refractivity contribution is 8.18. The Kier molecular flexibility index (Phi) is 6.76. The van der Waals surface area contributed by atoms with Crippen molar-refractivity contribution in [2.75, 3.05) is 6.54 Å². The Morgan fingerprint density at radius 2 is 1.94 bits per heavy atom. The summed E-state index contributed by atoms with van der Waals surface area (Å²) in [6, 6.07) is 13.1. The van der Waals surface area contributed by atoms with Crippen molar-refractivity contribution in [3.63, 3.8) is 0 Å². The van der Waals surface area contributed by atoms with Crippen molar-refractivity contribution in [2.24, 2.45) is 4.99 Å². The van der Waals surface area contributed by atoms with Crippen LogP contribution in [0.4, 0.5) is 5.69 Å². The van der Waals surface area contributed by atoms with E-state index in [-0.39, 0.29) is 17.2 Å². The molecule has 2 aromatic carbocycles. The lowest BCUT2D eigenvalue weighted by Gasteiger charge is -2.12. The monoisotopic (exact) mass is 440 g/mol. The number of carboxylic acid groups (broad SMARTS) is 2. The second kappa shape index (κ2) is 9.48. The molecule has 1 fully saturated rings. The quantitative estimate of drug-likeness (QED) is 0.628. The highest BCUT2D eigenvalue weighted by Crippen LogP contribution is 2.35. The summed E-state index contributed by atoms with van der Waals surface area (Å²) in [6.07, 6.45) is 0.661. The minimum absolute atomic E-state index is 0.0499. The summed E-state index contributed by atoms with van der Waals surface area (Å²) in [5, 5.41) is 18.8. The lowest BCUT2D eigenvalue weighted by molar-refractivity contribution is -0.144. The van der Waals surface area contributed by atoms with Gasteiger partial charge in [-0.2, -0.15) is 0 Å². The van der Waals surface area contributed by atoms with Gasteiger partial charge in [0.15, 0.2) is 11.3 Å². The van der Waals surface area contributed by atoms with E-state index in [1.807, 2.05) is 6.92 Å². The van der Waals surface area contributed by atoms with Crippen molar-refractivity contribution < 1.29 is 29.3 Å². The number of aliphatic imine (C=N–C) groups is 1. The maximum absolute atomic E-state index is 12.8. The van der Waals surface area contributed by atoms with Crippen molar-refractivity contribution in [3.8, 4) is 5.75 Å².